The van der Waals surface area contributed by atoms with E-state index in [4.69, 9.17) is 4.42 Å². The normalized spacial score (nSPS) is 15.8. The van der Waals surface area contributed by atoms with Crippen molar-refractivity contribution in [2.24, 2.45) is 0 Å². The first kappa shape index (κ1) is 16.5. The van der Waals surface area contributed by atoms with Gasteiger partial charge in [0.2, 0.25) is 0 Å². The summed E-state index contributed by atoms with van der Waals surface area (Å²) in [4.78, 5) is 19.1. The standard InChI is InChI=1S/C18H20N6O2/c25-18(14-5-6-17(19-10-14)24-12-21-22-13-24)20-11-15(16-4-3-9-26-16)23-7-1-2-8-23/h3-6,9-10,12-13,15H,1-2,7-8,11H2,(H,20,25). The molecule has 8 heteroatoms. The van der Waals surface area contributed by atoms with Crippen molar-refractivity contribution < 1.29 is 9.21 Å². The molecule has 0 bridgehead atoms. The molecule has 0 saturated carbocycles. The second-order valence-corrected chi connectivity index (χ2v) is 6.26. The number of hydrogen-bond acceptors (Lipinski definition) is 6. The summed E-state index contributed by atoms with van der Waals surface area (Å²) in [7, 11) is 0. The van der Waals surface area contributed by atoms with Crippen LogP contribution in [0, 0.1) is 0 Å². The molecule has 1 N–H and O–H groups in total. The maximum absolute atomic E-state index is 12.5. The van der Waals surface area contributed by atoms with E-state index in [1.165, 1.54) is 12.8 Å². The molecule has 4 rings (SSSR count). The van der Waals surface area contributed by atoms with Gasteiger partial charge in [0, 0.05) is 12.7 Å². The van der Waals surface area contributed by atoms with E-state index in [1.807, 2.05) is 12.1 Å². The number of hydrogen-bond donors (Lipinski definition) is 1. The number of nitrogens with one attached hydrogen (secondary N) is 1. The van der Waals surface area contributed by atoms with Gasteiger partial charge < -0.3 is 9.73 Å². The van der Waals surface area contributed by atoms with E-state index in [-0.39, 0.29) is 11.9 Å². The number of likely N-dealkylation sites (tertiary alicyclic amines) is 1. The van der Waals surface area contributed by atoms with Crippen molar-refractivity contribution in [3.8, 4) is 5.82 Å². The fourth-order valence-electron chi connectivity index (χ4n) is 3.23. The van der Waals surface area contributed by atoms with Crippen LogP contribution in [-0.4, -0.2) is 50.2 Å². The van der Waals surface area contributed by atoms with Crippen molar-refractivity contribution in [2.45, 2.75) is 18.9 Å². The van der Waals surface area contributed by atoms with Gasteiger partial charge in [-0.1, -0.05) is 0 Å². The van der Waals surface area contributed by atoms with Crippen LogP contribution >= 0.6 is 0 Å². The van der Waals surface area contributed by atoms with Crippen LogP contribution in [0.3, 0.4) is 0 Å². The predicted molar refractivity (Wildman–Crippen MR) is 93.7 cm³/mol. The number of nitrogens with zero attached hydrogens (tertiary/aromatic N) is 5. The van der Waals surface area contributed by atoms with Gasteiger partial charge >= 0.3 is 0 Å². The highest BCUT2D eigenvalue weighted by molar-refractivity contribution is 5.93. The van der Waals surface area contributed by atoms with Gasteiger partial charge in [-0.25, -0.2) is 4.98 Å². The number of rotatable bonds is 6. The zero-order valence-corrected chi connectivity index (χ0v) is 14.3. The van der Waals surface area contributed by atoms with Gasteiger partial charge in [-0.15, -0.1) is 10.2 Å². The molecule has 3 aromatic rings. The number of furan rings is 1. The molecule has 26 heavy (non-hydrogen) atoms. The van der Waals surface area contributed by atoms with E-state index in [0.29, 0.717) is 17.9 Å². The van der Waals surface area contributed by atoms with Crippen LogP contribution in [0.1, 0.15) is 35.0 Å². The Hall–Kier alpha value is -3.00. The van der Waals surface area contributed by atoms with Crippen LogP contribution in [-0.2, 0) is 0 Å². The molecular formula is C18H20N6O2. The Balaban J connectivity index is 1.42. The Kier molecular flexibility index (Phi) is 4.74. The van der Waals surface area contributed by atoms with Gasteiger partial charge in [-0.3, -0.25) is 14.3 Å². The fraction of sp³-hybridized carbons (Fsp3) is 0.333. The Morgan fingerprint density at radius 2 is 2.00 bits per heavy atom. The molecule has 0 aromatic carbocycles. The Bertz CT molecular complexity index is 823. The van der Waals surface area contributed by atoms with Gasteiger partial charge in [0.15, 0.2) is 0 Å². The van der Waals surface area contributed by atoms with Crippen molar-refractivity contribution in [3.05, 3.63) is 60.7 Å². The van der Waals surface area contributed by atoms with Crippen molar-refractivity contribution in [1.29, 1.82) is 0 Å². The molecule has 0 aliphatic carbocycles. The highest BCUT2D eigenvalue weighted by atomic mass is 16.3. The van der Waals surface area contributed by atoms with Crippen LogP contribution in [0.4, 0.5) is 0 Å². The third kappa shape index (κ3) is 3.50. The molecule has 0 spiro atoms. The van der Waals surface area contributed by atoms with Gasteiger partial charge in [-0.2, -0.15) is 0 Å². The molecule has 3 aromatic heterocycles. The van der Waals surface area contributed by atoms with Crippen LogP contribution in [0.25, 0.3) is 5.82 Å². The van der Waals surface area contributed by atoms with E-state index in [0.717, 1.165) is 18.8 Å². The number of carbonyl (C=O) groups is 1. The lowest BCUT2D eigenvalue weighted by Crippen LogP contribution is -2.36. The second kappa shape index (κ2) is 7.49. The molecule has 4 heterocycles. The Morgan fingerprint density at radius 1 is 1.19 bits per heavy atom. The lowest BCUT2D eigenvalue weighted by atomic mass is 10.2. The van der Waals surface area contributed by atoms with E-state index in [2.05, 4.69) is 25.4 Å². The summed E-state index contributed by atoms with van der Waals surface area (Å²) >= 11 is 0. The summed E-state index contributed by atoms with van der Waals surface area (Å²) in [6, 6.07) is 7.41. The largest absolute Gasteiger partial charge is 0.468 e. The summed E-state index contributed by atoms with van der Waals surface area (Å²) in [6.45, 7) is 2.55. The van der Waals surface area contributed by atoms with Crippen molar-refractivity contribution in [3.63, 3.8) is 0 Å². The number of aromatic nitrogens is 4. The van der Waals surface area contributed by atoms with Crippen LogP contribution in [0.15, 0.2) is 53.8 Å². The molecular weight excluding hydrogens is 332 g/mol. The fourth-order valence-corrected chi connectivity index (χ4v) is 3.23. The van der Waals surface area contributed by atoms with E-state index >= 15 is 0 Å². The molecule has 8 nitrogen and oxygen atoms in total. The quantitative estimate of drug-likeness (QED) is 0.728. The number of pyridine rings is 1. The molecule has 1 fully saturated rings. The minimum Gasteiger partial charge on any atom is -0.468 e. The average molecular weight is 352 g/mol. The molecule has 1 aliphatic rings. The zero-order valence-electron chi connectivity index (χ0n) is 14.3. The first-order chi connectivity index (χ1) is 12.8. The molecule has 1 atom stereocenters. The monoisotopic (exact) mass is 352 g/mol. The van der Waals surface area contributed by atoms with Crippen LogP contribution in [0.5, 0.6) is 0 Å². The predicted octanol–water partition coefficient (Wildman–Crippen LogP) is 1.82. The average Bonchev–Trinajstić information content (AvgIpc) is 3.45. The van der Waals surface area contributed by atoms with Gasteiger partial charge in [0.05, 0.1) is 17.9 Å². The maximum atomic E-state index is 12.5. The highest BCUT2D eigenvalue weighted by Crippen LogP contribution is 2.25. The molecule has 1 saturated heterocycles. The SMILES string of the molecule is O=C(NCC(c1ccco1)N1CCCC1)c1ccc(-n2cnnc2)nc1. The topological polar surface area (TPSA) is 89.1 Å². The third-order valence-electron chi connectivity index (χ3n) is 4.60. The summed E-state index contributed by atoms with van der Waals surface area (Å²) in [5.74, 6) is 1.40. The molecule has 1 amide bonds. The van der Waals surface area contributed by atoms with Crippen molar-refractivity contribution in [1.82, 2.24) is 30.0 Å². The summed E-state index contributed by atoms with van der Waals surface area (Å²) in [5.41, 5.74) is 0.515. The number of carbonyl (C=O) groups excluding carboxylic acids is 1. The minimum atomic E-state index is -0.149. The lowest BCUT2D eigenvalue weighted by molar-refractivity contribution is 0.0933. The number of amides is 1. The lowest BCUT2D eigenvalue weighted by Gasteiger charge is -2.26. The Labute approximate surface area is 150 Å². The van der Waals surface area contributed by atoms with Gasteiger partial charge in [0.25, 0.3) is 5.91 Å². The van der Waals surface area contributed by atoms with E-state index in [9.17, 15) is 4.79 Å². The van der Waals surface area contributed by atoms with Crippen LogP contribution < -0.4 is 5.32 Å². The van der Waals surface area contributed by atoms with Gasteiger partial charge in [0.1, 0.15) is 24.2 Å². The first-order valence-corrected chi connectivity index (χ1v) is 8.68. The van der Waals surface area contributed by atoms with Gasteiger partial charge in [-0.05, 0) is 50.2 Å². The molecule has 1 unspecified atom stereocenters. The van der Waals surface area contributed by atoms with E-state index in [1.54, 1.807) is 41.8 Å². The second-order valence-electron chi connectivity index (χ2n) is 6.26. The highest BCUT2D eigenvalue weighted by Gasteiger charge is 2.26. The zero-order chi connectivity index (χ0) is 17.8. The summed E-state index contributed by atoms with van der Waals surface area (Å²) in [6.07, 6.45) is 8.72. The maximum Gasteiger partial charge on any atom is 0.252 e. The van der Waals surface area contributed by atoms with E-state index < -0.39 is 0 Å². The van der Waals surface area contributed by atoms with Crippen molar-refractivity contribution in [2.75, 3.05) is 19.6 Å². The molecule has 1 aliphatic heterocycles. The molecule has 134 valence electrons. The Morgan fingerprint density at radius 3 is 2.65 bits per heavy atom. The molecule has 0 radical (unpaired) electrons. The van der Waals surface area contributed by atoms with Crippen molar-refractivity contribution >= 4 is 5.91 Å². The first-order valence-electron chi connectivity index (χ1n) is 8.68. The summed E-state index contributed by atoms with van der Waals surface area (Å²) < 4.78 is 7.27. The smallest absolute Gasteiger partial charge is 0.252 e. The minimum absolute atomic E-state index is 0.0562. The third-order valence-corrected chi connectivity index (χ3v) is 4.60. The van der Waals surface area contributed by atoms with Crippen LogP contribution in [0.2, 0.25) is 0 Å². The summed E-state index contributed by atoms with van der Waals surface area (Å²) in [5, 5.41) is 10.5.